The van der Waals surface area contributed by atoms with Crippen molar-refractivity contribution in [3.8, 4) is 5.75 Å². The van der Waals surface area contributed by atoms with E-state index in [0.29, 0.717) is 5.56 Å². The summed E-state index contributed by atoms with van der Waals surface area (Å²) in [6, 6.07) is 7.62. The summed E-state index contributed by atoms with van der Waals surface area (Å²) in [5.74, 6) is -0.0738. The highest BCUT2D eigenvalue weighted by Crippen LogP contribution is 2.31. The summed E-state index contributed by atoms with van der Waals surface area (Å²) >= 11 is 0. The van der Waals surface area contributed by atoms with Gasteiger partial charge in [0, 0.05) is 23.9 Å². The minimum atomic E-state index is -4.51. The van der Waals surface area contributed by atoms with Crippen LogP contribution in [0, 0.1) is 17.0 Å². The number of hydrogen-bond acceptors (Lipinski definition) is 5. The molecule has 0 aliphatic carbocycles. The predicted octanol–water partition coefficient (Wildman–Crippen LogP) is 3.48. The molecule has 3 N–H and O–H groups in total. The van der Waals surface area contributed by atoms with Crippen molar-refractivity contribution in [1.29, 1.82) is 0 Å². The molecule has 1 atom stereocenters. The first-order chi connectivity index (χ1) is 13.6. The van der Waals surface area contributed by atoms with Crippen LogP contribution in [-0.2, 0) is 6.18 Å². The Morgan fingerprint density at radius 1 is 1.28 bits per heavy atom. The fraction of sp³-hybridized carbons (Fsp3) is 0.278. The van der Waals surface area contributed by atoms with Crippen LogP contribution < -0.4 is 15.4 Å². The molecule has 0 bridgehead atoms. The molecule has 1 unspecified atom stereocenters. The van der Waals surface area contributed by atoms with Crippen LogP contribution in [0.1, 0.15) is 11.1 Å². The Bertz CT molecular complexity index is 889. The molecule has 156 valence electrons. The quantitative estimate of drug-likeness (QED) is 0.475. The fourth-order valence-corrected chi connectivity index (χ4v) is 2.28. The maximum Gasteiger partial charge on any atom is 0.416 e. The SMILES string of the molecule is Cc1ccc(NC(=O)NCC(O)COc2cccc(C(F)(F)F)c2)cc1[N+](=O)[O-]. The van der Waals surface area contributed by atoms with E-state index < -0.39 is 28.8 Å². The maximum absolute atomic E-state index is 12.6. The molecule has 0 spiro atoms. The zero-order valence-corrected chi connectivity index (χ0v) is 15.2. The monoisotopic (exact) mass is 413 g/mol. The van der Waals surface area contributed by atoms with Gasteiger partial charge in [-0.15, -0.1) is 0 Å². The number of nitro groups is 1. The molecular weight excluding hydrogens is 395 g/mol. The number of alkyl halides is 3. The number of carbonyl (C=O) groups is 1. The van der Waals surface area contributed by atoms with Crippen LogP contribution in [-0.4, -0.2) is 35.3 Å². The van der Waals surface area contributed by atoms with Gasteiger partial charge < -0.3 is 20.5 Å². The van der Waals surface area contributed by atoms with Gasteiger partial charge in [-0.25, -0.2) is 4.79 Å². The Balaban J connectivity index is 1.82. The van der Waals surface area contributed by atoms with Crippen molar-refractivity contribution >= 4 is 17.4 Å². The number of nitro benzene ring substituents is 1. The highest BCUT2D eigenvalue weighted by atomic mass is 19.4. The lowest BCUT2D eigenvalue weighted by Crippen LogP contribution is -2.37. The number of amides is 2. The minimum absolute atomic E-state index is 0.0738. The zero-order valence-electron chi connectivity index (χ0n) is 15.2. The van der Waals surface area contributed by atoms with Gasteiger partial charge in [0.15, 0.2) is 0 Å². The van der Waals surface area contributed by atoms with Gasteiger partial charge in [0.2, 0.25) is 0 Å². The van der Waals surface area contributed by atoms with Crippen molar-refractivity contribution < 1.29 is 32.7 Å². The molecule has 0 aromatic heterocycles. The highest BCUT2D eigenvalue weighted by molar-refractivity contribution is 5.89. The molecule has 2 amide bonds. The molecule has 8 nitrogen and oxygen atoms in total. The van der Waals surface area contributed by atoms with Gasteiger partial charge in [0.25, 0.3) is 5.69 Å². The number of urea groups is 1. The third-order valence-corrected chi connectivity index (χ3v) is 3.77. The van der Waals surface area contributed by atoms with E-state index in [0.717, 1.165) is 12.1 Å². The van der Waals surface area contributed by atoms with Gasteiger partial charge in [-0.05, 0) is 31.2 Å². The van der Waals surface area contributed by atoms with E-state index >= 15 is 0 Å². The molecule has 11 heteroatoms. The molecule has 29 heavy (non-hydrogen) atoms. The molecule has 0 radical (unpaired) electrons. The van der Waals surface area contributed by atoms with Crippen molar-refractivity contribution in [2.45, 2.75) is 19.2 Å². The summed E-state index contributed by atoms with van der Waals surface area (Å²) in [7, 11) is 0. The number of ether oxygens (including phenoxy) is 1. The summed E-state index contributed by atoms with van der Waals surface area (Å²) in [6.07, 6.45) is -5.70. The number of carbonyl (C=O) groups excluding carboxylic acids is 1. The molecule has 0 aliphatic heterocycles. The predicted molar refractivity (Wildman–Crippen MR) is 97.8 cm³/mol. The number of nitrogens with zero attached hydrogens (tertiary/aromatic N) is 1. The van der Waals surface area contributed by atoms with Crippen molar-refractivity contribution in [2.75, 3.05) is 18.5 Å². The molecule has 0 saturated carbocycles. The van der Waals surface area contributed by atoms with Gasteiger partial charge in [0.05, 0.1) is 10.5 Å². The standard InChI is InChI=1S/C18H18F3N3O5/c1-11-5-6-13(8-16(11)24(27)28)23-17(26)22-9-14(25)10-29-15-4-2-3-12(7-15)18(19,20)21/h2-8,14,25H,9-10H2,1H3,(H2,22,23,26). The Morgan fingerprint density at radius 2 is 2.00 bits per heavy atom. The van der Waals surface area contributed by atoms with E-state index in [4.69, 9.17) is 4.74 Å². The first-order valence-electron chi connectivity index (χ1n) is 8.34. The summed E-state index contributed by atoms with van der Waals surface area (Å²) < 4.78 is 43.1. The number of nitrogens with one attached hydrogen (secondary N) is 2. The molecule has 0 heterocycles. The number of anilines is 1. The van der Waals surface area contributed by atoms with Crippen LogP contribution in [0.25, 0.3) is 0 Å². The van der Waals surface area contributed by atoms with Crippen molar-refractivity contribution in [2.24, 2.45) is 0 Å². The molecule has 2 aromatic carbocycles. The second kappa shape index (κ2) is 9.24. The van der Waals surface area contributed by atoms with Crippen LogP contribution in [0.15, 0.2) is 42.5 Å². The van der Waals surface area contributed by atoms with Crippen molar-refractivity contribution in [1.82, 2.24) is 5.32 Å². The molecule has 2 aromatic rings. The second-order valence-corrected chi connectivity index (χ2v) is 6.08. The average molecular weight is 413 g/mol. The number of halogens is 3. The Hall–Kier alpha value is -3.34. The van der Waals surface area contributed by atoms with Crippen LogP contribution in [0.2, 0.25) is 0 Å². The van der Waals surface area contributed by atoms with Gasteiger partial charge in [0.1, 0.15) is 18.5 Å². The number of benzene rings is 2. The van der Waals surface area contributed by atoms with Gasteiger partial charge in [-0.3, -0.25) is 10.1 Å². The number of rotatable bonds is 7. The molecule has 0 aliphatic rings. The molecule has 0 fully saturated rings. The van der Waals surface area contributed by atoms with Crippen molar-refractivity contribution in [3.05, 3.63) is 63.7 Å². The lowest BCUT2D eigenvalue weighted by Gasteiger charge is -2.15. The highest BCUT2D eigenvalue weighted by Gasteiger charge is 2.30. The molecule has 0 saturated heterocycles. The third kappa shape index (κ3) is 6.64. The topological polar surface area (TPSA) is 114 Å². The van der Waals surface area contributed by atoms with Crippen LogP contribution in [0.3, 0.4) is 0 Å². The van der Waals surface area contributed by atoms with E-state index in [-0.39, 0.29) is 30.3 Å². The summed E-state index contributed by atoms with van der Waals surface area (Å²) in [6.45, 7) is 0.957. The number of aryl methyl sites for hydroxylation is 1. The van der Waals surface area contributed by atoms with Gasteiger partial charge in [-0.2, -0.15) is 13.2 Å². The Morgan fingerprint density at radius 3 is 2.66 bits per heavy atom. The lowest BCUT2D eigenvalue weighted by molar-refractivity contribution is -0.385. The summed E-state index contributed by atoms with van der Waals surface area (Å²) in [5.41, 5.74) is -0.413. The van der Waals surface area contributed by atoms with Crippen LogP contribution >= 0.6 is 0 Å². The van der Waals surface area contributed by atoms with Crippen molar-refractivity contribution in [3.63, 3.8) is 0 Å². The second-order valence-electron chi connectivity index (χ2n) is 6.08. The lowest BCUT2D eigenvalue weighted by atomic mass is 10.2. The van der Waals surface area contributed by atoms with E-state index in [1.54, 1.807) is 6.92 Å². The number of aliphatic hydroxyl groups excluding tert-OH is 1. The smallest absolute Gasteiger partial charge is 0.416 e. The Kier molecular flexibility index (Phi) is 6.99. The van der Waals surface area contributed by atoms with E-state index in [1.165, 1.54) is 30.3 Å². The first-order valence-corrected chi connectivity index (χ1v) is 8.34. The first kappa shape index (κ1) is 22.0. The van der Waals surface area contributed by atoms with Crippen LogP contribution in [0.5, 0.6) is 5.75 Å². The molecule has 2 rings (SSSR count). The van der Waals surface area contributed by atoms with E-state index in [9.17, 15) is 33.2 Å². The maximum atomic E-state index is 12.6. The zero-order chi connectivity index (χ0) is 21.6. The fourth-order valence-electron chi connectivity index (χ4n) is 2.28. The molecular formula is C18H18F3N3O5. The Labute approximate surface area is 163 Å². The normalized spacial score (nSPS) is 12.2. The summed E-state index contributed by atoms with van der Waals surface area (Å²) in [4.78, 5) is 22.2. The average Bonchev–Trinajstić information content (AvgIpc) is 2.65. The number of hydrogen-bond donors (Lipinski definition) is 3. The summed E-state index contributed by atoms with van der Waals surface area (Å²) in [5, 5.41) is 25.5. The number of aliphatic hydroxyl groups is 1. The minimum Gasteiger partial charge on any atom is -0.491 e. The third-order valence-electron chi connectivity index (χ3n) is 3.77. The van der Waals surface area contributed by atoms with Gasteiger partial charge >= 0.3 is 12.2 Å². The largest absolute Gasteiger partial charge is 0.491 e. The van der Waals surface area contributed by atoms with E-state index in [2.05, 4.69) is 10.6 Å². The van der Waals surface area contributed by atoms with Crippen LogP contribution in [0.4, 0.5) is 29.3 Å². The van der Waals surface area contributed by atoms with Gasteiger partial charge in [-0.1, -0.05) is 12.1 Å². The van der Waals surface area contributed by atoms with E-state index in [1.807, 2.05) is 0 Å².